The summed E-state index contributed by atoms with van der Waals surface area (Å²) in [6.45, 7) is 0.758. The summed E-state index contributed by atoms with van der Waals surface area (Å²) < 4.78 is 13.7. The molecule has 1 saturated carbocycles. The van der Waals surface area contributed by atoms with Crippen LogP contribution >= 0.6 is 35.3 Å². The maximum absolute atomic E-state index is 13.7. The Hall–Kier alpha value is -1.15. The minimum atomic E-state index is -0.117. The molecule has 1 aromatic carbocycles. The lowest BCUT2D eigenvalue weighted by Crippen LogP contribution is -2.38. The fraction of sp³-hybridized carbons (Fsp3) is 0.312. The third-order valence-corrected chi connectivity index (χ3v) is 4.53. The van der Waals surface area contributed by atoms with Gasteiger partial charge in [-0.25, -0.2) is 4.39 Å². The summed E-state index contributed by atoms with van der Waals surface area (Å²) in [7, 11) is 1.75. The fourth-order valence-corrected chi connectivity index (χ4v) is 3.07. The van der Waals surface area contributed by atoms with E-state index in [9.17, 15) is 4.39 Å². The Kier molecular flexibility index (Phi) is 6.19. The molecule has 22 heavy (non-hydrogen) atoms. The molecule has 2 atom stereocenters. The summed E-state index contributed by atoms with van der Waals surface area (Å²) in [4.78, 5) is 5.49. The first-order chi connectivity index (χ1) is 10.3. The zero-order chi connectivity index (χ0) is 14.7. The van der Waals surface area contributed by atoms with Gasteiger partial charge in [0.05, 0.1) is 6.54 Å². The SMILES string of the molecule is CN=C(NCc1cccs1)NC1CC1c1ccccc1F.I. The minimum Gasteiger partial charge on any atom is -0.353 e. The van der Waals surface area contributed by atoms with Crippen molar-refractivity contribution in [3.63, 3.8) is 0 Å². The van der Waals surface area contributed by atoms with Crippen LogP contribution in [-0.2, 0) is 6.54 Å². The lowest BCUT2D eigenvalue weighted by molar-refractivity contribution is 0.607. The first-order valence-electron chi connectivity index (χ1n) is 7.02. The van der Waals surface area contributed by atoms with Gasteiger partial charge in [0.1, 0.15) is 5.82 Å². The molecule has 3 nitrogen and oxygen atoms in total. The molecule has 0 bridgehead atoms. The predicted molar refractivity (Wildman–Crippen MR) is 101 cm³/mol. The summed E-state index contributed by atoms with van der Waals surface area (Å²) >= 11 is 1.71. The topological polar surface area (TPSA) is 36.4 Å². The third-order valence-electron chi connectivity index (χ3n) is 3.65. The summed E-state index contributed by atoms with van der Waals surface area (Å²) in [5.74, 6) is 0.895. The normalized spacial score (nSPS) is 20.2. The van der Waals surface area contributed by atoms with Gasteiger partial charge in [0, 0.05) is 23.9 Å². The highest BCUT2D eigenvalue weighted by atomic mass is 127. The predicted octanol–water partition coefficient (Wildman–Crippen LogP) is 3.73. The number of halogens is 2. The van der Waals surface area contributed by atoms with Gasteiger partial charge in [-0.15, -0.1) is 35.3 Å². The molecule has 0 aliphatic heterocycles. The zero-order valence-electron chi connectivity index (χ0n) is 12.3. The summed E-state index contributed by atoms with van der Waals surface area (Å²) in [5, 5.41) is 8.70. The second-order valence-electron chi connectivity index (χ2n) is 5.12. The van der Waals surface area contributed by atoms with Crippen LogP contribution in [0.1, 0.15) is 22.8 Å². The van der Waals surface area contributed by atoms with Crippen LogP contribution in [0, 0.1) is 5.82 Å². The zero-order valence-corrected chi connectivity index (χ0v) is 15.4. The molecular formula is C16H19FIN3S. The van der Waals surface area contributed by atoms with Crippen molar-refractivity contribution in [1.29, 1.82) is 0 Å². The van der Waals surface area contributed by atoms with E-state index in [0.29, 0.717) is 0 Å². The van der Waals surface area contributed by atoms with Gasteiger partial charge in [-0.05, 0) is 29.5 Å². The monoisotopic (exact) mass is 431 g/mol. The van der Waals surface area contributed by atoms with Crippen molar-refractivity contribution in [2.75, 3.05) is 7.05 Å². The summed E-state index contributed by atoms with van der Waals surface area (Å²) in [6.07, 6.45) is 0.945. The average molecular weight is 431 g/mol. The molecule has 2 unspecified atom stereocenters. The molecule has 0 spiro atoms. The van der Waals surface area contributed by atoms with Crippen molar-refractivity contribution in [3.8, 4) is 0 Å². The molecule has 0 radical (unpaired) electrons. The van der Waals surface area contributed by atoms with Crippen LogP contribution in [0.5, 0.6) is 0 Å². The van der Waals surface area contributed by atoms with Crippen molar-refractivity contribution >= 4 is 41.3 Å². The second-order valence-corrected chi connectivity index (χ2v) is 6.15. The largest absolute Gasteiger partial charge is 0.353 e. The van der Waals surface area contributed by atoms with Crippen LogP contribution in [0.2, 0.25) is 0 Å². The maximum atomic E-state index is 13.7. The lowest BCUT2D eigenvalue weighted by Gasteiger charge is -2.11. The van der Waals surface area contributed by atoms with Gasteiger partial charge < -0.3 is 10.6 Å². The number of thiophene rings is 1. The van der Waals surface area contributed by atoms with Crippen molar-refractivity contribution in [2.24, 2.45) is 4.99 Å². The van der Waals surface area contributed by atoms with E-state index in [-0.39, 0.29) is 41.8 Å². The van der Waals surface area contributed by atoms with Crippen molar-refractivity contribution in [3.05, 3.63) is 58.0 Å². The van der Waals surface area contributed by atoms with Crippen LogP contribution in [0.25, 0.3) is 0 Å². The van der Waals surface area contributed by atoms with Crippen molar-refractivity contribution in [1.82, 2.24) is 10.6 Å². The number of guanidine groups is 1. The van der Waals surface area contributed by atoms with Crippen molar-refractivity contribution < 1.29 is 4.39 Å². The maximum Gasteiger partial charge on any atom is 0.191 e. The van der Waals surface area contributed by atoms with E-state index in [1.54, 1.807) is 24.5 Å². The van der Waals surface area contributed by atoms with Gasteiger partial charge in [-0.3, -0.25) is 4.99 Å². The Morgan fingerprint density at radius 3 is 2.82 bits per heavy atom. The van der Waals surface area contributed by atoms with Gasteiger partial charge in [0.25, 0.3) is 0 Å². The Morgan fingerprint density at radius 2 is 2.14 bits per heavy atom. The van der Waals surface area contributed by atoms with E-state index < -0.39 is 0 Å². The summed E-state index contributed by atoms with van der Waals surface area (Å²) in [6, 6.07) is 11.4. The molecular weight excluding hydrogens is 412 g/mol. The molecule has 3 rings (SSSR count). The van der Waals surface area contributed by atoms with Gasteiger partial charge in [0.2, 0.25) is 0 Å². The number of hydrogen-bond acceptors (Lipinski definition) is 2. The Bertz CT molecular complexity index is 630. The first-order valence-corrected chi connectivity index (χ1v) is 7.90. The lowest BCUT2D eigenvalue weighted by atomic mass is 10.1. The molecule has 1 fully saturated rings. The first kappa shape index (κ1) is 17.2. The van der Waals surface area contributed by atoms with Crippen LogP contribution < -0.4 is 10.6 Å². The number of rotatable bonds is 4. The molecule has 0 amide bonds. The van der Waals surface area contributed by atoms with Crippen LogP contribution in [-0.4, -0.2) is 19.0 Å². The highest BCUT2D eigenvalue weighted by molar-refractivity contribution is 14.0. The molecule has 2 aromatic rings. The number of aliphatic imine (C=N–C) groups is 1. The molecule has 1 aromatic heterocycles. The standard InChI is InChI=1S/C16H18FN3S.HI/c1-18-16(19-10-11-5-4-8-21-11)20-15-9-13(15)12-6-2-3-7-14(12)17;/h2-8,13,15H,9-10H2,1H3,(H2,18,19,20);1H. The quantitative estimate of drug-likeness (QED) is 0.440. The van der Waals surface area contributed by atoms with E-state index in [4.69, 9.17) is 0 Å². The van der Waals surface area contributed by atoms with Crippen LogP contribution in [0.4, 0.5) is 4.39 Å². The average Bonchev–Trinajstić information content (AvgIpc) is 3.05. The van der Waals surface area contributed by atoms with Gasteiger partial charge in [-0.2, -0.15) is 0 Å². The van der Waals surface area contributed by atoms with Crippen LogP contribution in [0.15, 0.2) is 46.8 Å². The van der Waals surface area contributed by atoms with Crippen LogP contribution in [0.3, 0.4) is 0 Å². The van der Waals surface area contributed by atoms with Gasteiger partial charge in [-0.1, -0.05) is 24.3 Å². The third kappa shape index (κ3) is 4.19. The fourth-order valence-electron chi connectivity index (χ4n) is 2.43. The Morgan fingerprint density at radius 1 is 1.32 bits per heavy atom. The smallest absolute Gasteiger partial charge is 0.191 e. The van der Waals surface area contributed by atoms with E-state index in [1.165, 1.54) is 10.9 Å². The molecule has 1 heterocycles. The molecule has 118 valence electrons. The van der Waals surface area contributed by atoms with Crippen molar-refractivity contribution in [2.45, 2.75) is 24.9 Å². The van der Waals surface area contributed by atoms with Gasteiger partial charge >= 0.3 is 0 Å². The Balaban J connectivity index is 0.00000176. The number of hydrogen-bond donors (Lipinski definition) is 2. The van der Waals surface area contributed by atoms with E-state index >= 15 is 0 Å². The van der Waals surface area contributed by atoms with E-state index in [2.05, 4.69) is 27.1 Å². The number of benzene rings is 1. The molecule has 1 aliphatic carbocycles. The molecule has 0 saturated heterocycles. The minimum absolute atomic E-state index is 0. The number of nitrogens with one attached hydrogen (secondary N) is 2. The van der Waals surface area contributed by atoms with Gasteiger partial charge in [0.15, 0.2) is 5.96 Å². The highest BCUT2D eigenvalue weighted by Gasteiger charge is 2.40. The molecule has 6 heteroatoms. The number of nitrogens with zero attached hydrogens (tertiary/aromatic N) is 1. The van der Waals surface area contributed by atoms with E-state index in [0.717, 1.165) is 24.5 Å². The highest BCUT2D eigenvalue weighted by Crippen LogP contribution is 2.41. The molecule has 2 N–H and O–H groups in total. The Labute approximate surface area is 151 Å². The summed E-state index contributed by atoms with van der Waals surface area (Å²) in [5.41, 5.74) is 0.795. The van der Waals surface area contributed by atoms with E-state index in [1.807, 2.05) is 18.2 Å². The molecule has 1 aliphatic rings. The second kappa shape index (κ2) is 7.92.